The van der Waals surface area contributed by atoms with Crippen LogP contribution in [0.5, 0.6) is 5.75 Å². The molecule has 0 amide bonds. The molecule has 7 nitrogen and oxygen atoms in total. The molecule has 1 aliphatic carbocycles. The van der Waals surface area contributed by atoms with E-state index >= 15 is 0 Å². The predicted octanol–water partition coefficient (Wildman–Crippen LogP) is 2.12. The van der Waals surface area contributed by atoms with Crippen LogP contribution >= 0.6 is 0 Å². The normalized spacial score (nSPS) is 16.2. The fourth-order valence-corrected chi connectivity index (χ4v) is 3.91. The molecule has 8 heteroatoms. The number of carboxylic acid groups (broad SMARTS) is 2. The molecule has 1 saturated carbocycles. The Hall–Kier alpha value is -2.09. The molecule has 0 aromatic heterocycles. The minimum Gasteiger partial charge on any atom is -0.478 e. The highest BCUT2D eigenvalue weighted by Gasteiger charge is 2.29. The fraction of sp³-hybridized carbons (Fsp3) is 0.429. The molecule has 2 N–H and O–H groups in total. The van der Waals surface area contributed by atoms with Gasteiger partial charge in [0.2, 0.25) is 0 Å². The quantitative estimate of drug-likeness (QED) is 0.795. The Kier molecular flexibility index (Phi) is 4.70. The van der Waals surface area contributed by atoms with E-state index in [0.29, 0.717) is 12.8 Å². The molecule has 22 heavy (non-hydrogen) atoms. The van der Waals surface area contributed by atoms with Crippen LogP contribution in [0.1, 0.15) is 52.8 Å². The second-order valence-electron chi connectivity index (χ2n) is 5.15. The summed E-state index contributed by atoms with van der Waals surface area (Å²) in [5.74, 6) is -3.05. The molecular weight excluding hydrogens is 312 g/mol. The molecule has 0 radical (unpaired) electrons. The molecule has 120 valence electrons. The topological polar surface area (TPSA) is 118 Å². The van der Waals surface area contributed by atoms with E-state index in [2.05, 4.69) is 0 Å². The van der Waals surface area contributed by atoms with Crippen molar-refractivity contribution in [3.63, 3.8) is 0 Å². The first-order chi connectivity index (χ1) is 10.3. The summed E-state index contributed by atoms with van der Waals surface area (Å²) in [6, 6.07) is 3.10. The molecule has 1 aromatic rings. The maximum atomic E-state index is 12.2. The summed E-state index contributed by atoms with van der Waals surface area (Å²) in [7, 11) is -3.85. The van der Waals surface area contributed by atoms with Gasteiger partial charge in [0, 0.05) is 0 Å². The van der Waals surface area contributed by atoms with Gasteiger partial charge < -0.3 is 14.4 Å². The van der Waals surface area contributed by atoms with Crippen molar-refractivity contribution in [2.24, 2.45) is 0 Å². The van der Waals surface area contributed by atoms with Crippen LogP contribution in [0, 0.1) is 0 Å². The summed E-state index contributed by atoms with van der Waals surface area (Å²) < 4.78 is 29.3. The Morgan fingerprint density at radius 3 is 2.14 bits per heavy atom. The largest absolute Gasteiger partial charge is 0.478 e. The van der Waals surface area contributed by atoms with Crippen molar-refractivity contribution in [2.75, 3.05) is 0 Å². The number of rotatable bonds is 5. The van der Waals surface area contributed by atoms with Crippen LogP contribution in [0.3, 0.4) is 0 Å². The zero-order chi connectivity index (χ0) is 16.3. The average molecular weight is 328 g/mol. The average Bonchev–Trinajstić information content (AvgIpc) is 2.47. The number of aromatic carboxylic acids is 2. The van der Waals surface area contributed by atoms with Crippen LogP contribution in [0.2, 0.25) is 0 Å². The lowest BCUT2D eigenvalue weighted by Crippen LogP contribution is -2.28. The summed E-state index contributed by atoms with van der Waals surface area (Å²) in [5, 5.41) is 17.3. The third kappa shape index (κ3) is 3.56. The van der Waals surface area contributed by atoms with Gasteiger partial charge in [-0.2, -0.15) is 8.42 Å². The molecule has 1 aromatic carbocycles. The Morgan fingerprint density at radius 2 is 1.59 bits per heavy atom. The summed E-state index contributed by atoms with van der Waals surface area (Å²) in [5.41, 5.74) is -0.932. The second-order valence-corrected chi connectivity index (χ2v) is 6.97. The monoisotopic (exact) mass is 328 g/mol. The van der Waals surface area contributed by atoms with Crippen molar-refractivity contribution >= 4 is 22.1 Å². The summed E-state index contributed by atoms with van der Waals surface area (Å²) in [6.07, 6.45) is 3.64. The maximum absolute atomic E-state index is 12.2. The van der Waals surface area contributed by atoms with Gasteiger partial charge in [-0.3, -0.25) is 0 Å². The van der Waals surface area contributed by atoms with Crippen molar-refractivity contribution in [3.8, 4) is 5.75 Å². The van der Waals surface area contributed by atoms with E-state index < -0.39 is 38.4 Å². The van der Waals surface area contributed by atoms with E-state index in [1.165, 1.54) is 0 Å². The van der Waals surface area contributed by atoms with Gasteiger partial charge in [0.25, 0.3) is 0 Å². The number of carboxylic acids is 2. The minimum absolute atomic E-state index is 0.187. The van der Waals surface area contributed by atoms with Crippen molar-refractivity contribution in [1.29, 1.82) is 0 Å². The standard InChI is InChI=1S/C14H16O7S/c15-13(16)11-7-6-9(8-12(11)14(17)18)21-22(19,20)10-4-2-1-3-5-10/h6-8,10H,1-5H2,(H,15,16)(H,17,18). The van der Waals surface area contributed by atoms with Crippen molar-refractivity contribution < 1.29 is 32.4 Å². The number of hydrogen-bond donors (Lipinski definition) is 2. The number of carbonyl (C=O) groups is 2. The lowest BCUT2D eigenvalue weighted by molar-refractivity contribution is 0.0651. The highest BCUT2D eigenvalue weighted by Crippen LogP contribution is 2.27. The van der Waals surface area contributed by atoms with Crippen molar-refractivity contribution in [3.05, 3.63) is 29.3 Å². The minimum atomic E-state index is -3.85. The molecule has 0 saturated heterocycles. The smallest absolute Gasteiger partial charge is 0.336 e. The molecule has 0 bridgehead atoms. The van der Waals surface area contributed by atoms with E-state index in [1.807, 2.05) is 0 Å². The van der Waals surface area contributed by atoms with Crippen LogP contribution in [0.15, 0.2) is 18.2 Å². The van der Waals surface area contributed by atoms with Gasteiger partial charge in [-0.15, -0.1) is 0 Å². The molecule has 0 unspecified atom stereocenters. The zero-order valence-electron chi connectivity index (χ0n) is 11.7. The van der Waals surface area contributed by atoms with E-state index in [1.54, 1.807) is 0 Å². The predicted molar refractivity (Wildman–Crippen MR) is 76.8 cm³/mol. The SMILES string of the molecule is O=C(O)c1ccc(OS(=O)(=O)C2CCCCC2)cc1C(=O)O. The second kappa shape index (κ2) is 6.35. The van der Waals surface area contributed by atoms with Gasteiger partial charge in [0.1, 0.15) is 5.75 Å². The summed E-state index contributed by atoms with van der Waals surface area (Å²) >= 11 is 0. The maximum Gasteiger partial charge on any atom is 0.336 e. The van der Waals surface area contributed by atoms with Gasteiger partial charge in [0.05, 0.1) is 16.4 Å². The molecule has 0 spiro atoms. The van der Waals surface area contributed by atoms with Gasteiger partial charge >= 0.3 is 22.1 Å². The van der Waals surface area contributed by atoms with E-state index in [4.69, 9.17) is 14.4 Å². The third-order valence-electron chi connectivity index (χ3n) is 3.62. The van der Waals surface area contributed by atoms with Crippen LogP contribution in [-0.4, -0.2) is 35.8 Å². The van der Waals surface area contributed by atoms with E-state index in [0.717, 1.165) is 37.5 Å². The van der Waals surface area contributed by atoms with Crippen LogP contribution < -0.4 is 4.18 Å². The molecule has 0 atom stereocenters. The third-order valence-corrected chi connectivity index (χ3v) is 5.34. The van der Waals surface area contributed by atoms with E-state index in [9.17, 15) is 18.0 Å². The molecule has 1 aliphatic rings. The zero-order valence-corrected chi connectivity index (χ0v) is 12.5. The lowest BCUT2D eigenvalue weighted by atomic mass is 10.0. The molecule has 0 aliphatic heterocycles. The summed E-state index contributed by atoms with van der Waals surface area (Å²) in [4.78, 5) is 22.0. The first-order valence-corrected chi connectivity index (χ1v) is 8.32. The number of hydrogen-bond acceptors (Lipinski definition) is 5. The van der Waals surface area contributed by atoms with Crippen molar-refractivity contribution in [2.45, 2.75) is 37.4 Å². The van der Waals surface area contributed by atoms with Crippen LogP contribution in [-0.2, 0) is 10.1 Å². The van der Waals surface area contributed by atoms with Crippen molar-refractivity contribution in [1.82, 2.24) is 0 Å². The Balaban J connectivity index is 2.28. The molecule has 1 fully saturated rings. The van der Waals surface area contributed by atoms with Gasteiger partial charge in [0.15, 0.2) is 0 Å². The van der Waals surface area contributed by atoms with Crippen LogP contribution in [0.25, 0.3) is 0 Å². The highest BCUT2D eigenvalue weighted by molar-refractivity contribution is 7.87. The Morgan fingerprint density at radius 1 is 1.00 bits per heavy atom. The van der Waals surface area contributed by atoms with Gasteiger partial charge in [-0.05, 0) is 31.0 Å². The molecule has 0 heterocycles. The lowest BCUT2D eigenvalue weighted by Gasteiger charge is -2.21. The Bertz CT molecular complexity index is 687. The fourth-order valence-electron chi connectivity index (χ4n) is 2.49. The van der Waals surface area contributed by atoms with Crippen LogP contribution in [0.4, 0.5) is 0 Å². The Labute approximate surface area is 127 Å². The first kappa shape index (κ1) is 16.3. The van der Waals surface area contributed by atoms with Gasteiger partial charge in [-0.25, -0.2) is 9.59 Å². The number of benzene rings is 1. The summed E-state index contributed by atoms with van der Waals surface area (Å²) in [6.45, 7) is 0. The molecule has 2 rings (SSSR count). The van der Waals surface area contributed by atoms with E-state index in [-0.39, 0.29) is 5.75 Å². The highest BCUT2D eigenvalue weighted by atomic mass is 32.2. The van der Waals surface area contributed by atoms with Gasteiger partial charge in [-0.1, -0.05) is 19.3 Å². The molecular formula is C14H16O7S. The first-order valence-electron chi connectivity index (χ1n) is 6.85.